The zero-order valence-corrected chi connectivity index (χ0v) is 21.7. The van der Waals surface area contributed by atoms with E-state index in [-0.39, 0.29) is 0 Å². The maximum atomic E-state index is 5.13. The molecule has 0 bridgehead atoms. The zero-order chi connectivity index (χ0) is 24.5. The van der Waals surface area contributed by atoms with Crippen molar-refractivity contribution in [1.82, 2.24) is 0 Å². The third kappa shape index (κ3) is 17.2. The molecule has 1 rings (SSSR count). The fraction of sp³-hybridized carbons (Fsp3) is 0.464. The minimum absolute atomic E-state index is 0.924. The lowest BCUT2D eigenvalue weighted by Gasteiger charge is -2.11. The summed E-state index contributed by atoms with van der Waals surface area (Å²) in [7, 11) is 1.50. The molecule has 0 aliphatic rings. The Bertz CT molecular complexity index is 663. The van der Waals surface area contributed by atoms with Crippen molar-refractivity contribution in [3.63, 3.8) is 0 Å². The highest BCUT2D eigenvalue weighted by Crippen LogP contribution is 2.27. The quantitative estimate of drug-likeness (QED) is 0.246. The van der Waals surface area contributed by atoms with E-state index in [0.717, 1.165) is 48.5 Å². The van der Waals surface area contributed by atoms with Crippen LogP contribution in [0.3, 0.4) is 0 Å². The molecule has 1 aromatic rings. The van der Waals surface area contributed by atoms with Gasteiger partial charge in [-0.05, 0) is 64.3 Å². The second-order valence-corrected chi connectivity index (χ2v) is 6.21. The average molecular weight is 429 g/mol. The van der Waals surface area contributed by atoms with Gasteiger partial charge >= 0.3 is 0 Å². The Morgan fingerprint density at radius 2 is 1.58 bits per heavy atom. The number of allylic oxidation sites excluding steroid dienone is 6. The lowest BCUT2D eigenvalue weighted by Crippen LogP contribution is -1.93. The zero-order valence-electron chi connectivity index (χ0n) is 21.7. The van der Waals surface area contributed by atoms with Crippen molar-refractivity contribution >= 4 is 11.8 Å². The molecule has 0 fully saturated rings. The van der Waals surface area contributed by atoms with E-state index in [2.05, 4.69) is 63.2 Å². The summed E-state index contributed by atoms with van der Waals surface area (Å²) in [6, 6.07) is 8.26. The minimum atomic E-state index is 0.924. The highest BCUT2D eigenvalue weighted by molar-refractivity contribution is 5.81. The maximum Gasteiger partial charge on any atom is 0.0727 e. The molecule has 0 unspecified atom stereocenters. The van der Waals surface area contributed by atoms with Crippen LogP contribution in [0.2, 0.25) is 0 Å². The standard InChI is InChI=1S/C19H23N.C6H14O.C2H6.CH5N/c1-6-8-9-13-16(4)19(20-7-2)17(5)18-14-11-10-12-15(18)3;1-3-5-7-6-4-2;2*1-2/h6-14H,5H2,1-4H3;3-6H2,1-2H3;1-2H3;2H2,1H3/b8-6-,13-9-,19-16+,20-7?;;;. The Morgan fingerprint density at radius 3 is 2.03 bits per heavy atom. The van der Waals surface area contributed by atoms with Crippen molar-refractivity contribution in [3.8, 4) is 0 Å². The van der Waals surface area contributed by atoms with Gasteiger partial charge in [-0.25, -0.2) is 0 Å². The molecule has 1 aromatic carbocycles. The fourth-order valence-corrected chi connectivity index (χ4v) is 2.37. The smallest absolute Gasteiger partial charge is 0.0727 e. The van der Waals surface area contributed by atoms with Gasteiger partial charge in [0.25, 0.3) is 0 Å². The molecule has 0 saturated carbocycles. The van der Waals surface area contributed by atoms with E-state index in [4.69, 9.17) is 4.74 Å². The van der Waals surface area contributed by atoms with Gasteiger partial charge in [-0.15, -0.1) is 0 Å². The molecule has 2 N–H and O–H groups in total. The monoisotopic (exact) mass is 428 g/mol. The molecule has 3 nitrogen and oxygen atoms in total. The lowest BCUT2D eigenvalue weighted by molar-refractivity contribution is 0.135. The Morgan fingerprint density at radius 1 is 1.03 bits per heavy atom. The highest BCUT2D eigenvalue weighted by Gasteiger charge is 2.08. The maximum absolute atomic E-state index is 5.13. The van der Waals surface area contributed by atoms with Crippen molar-refractivity contribution < 1.29 is 4.74 Å². The Hall–Kier alpha value is -2.23. The molecule has 0 aliphatic heterocycles. The van der Waals surface area contributed by atoms with Gasteiger partial charge in [0.2, 0.25) is 0 Å². The summed E-state index contributed by atoms with van der Waals surface area (Å²) < 4.78 is 5.13. The number of nitrogens with two attached hydrogens (primary N) is 1. The topological polar surface area (TPSA) is 47.6 Å². The van der Waals surface area contributed by atoms with Gasteiger partial charge in [-0.1, -0.05) is 82.8 Å². The third-order valence-electron chi connectivity index (χ3n) is 3.73. The molecule has 176 valence electrons. The van der Waals surface area contributed by atoms with Crippen molar-refractivity contribution in [2.45, 2.75) is 68.2 Å². The molecule has 0 aromatic heterocycles. The number of aryl methyl sites for hydroxylation is 1. The van der Waals surface area contributed by atoms with Crippen LogP contribution in [0.4, 0.5) is 0 Å². The van der Waals surface area contributed by atoms with E-state index < -0.39 is 0 Å². The first-order valence-corrected chi connectivity index (χ1v) is 11.4. The van der Waals surface area contributed by atoms with Crippen LogP contribution in [-0.4, -0.2) is 26.5 Å². The molecule has 0 amide bonds. The van der Waals surface area contributed by atoms with Crippen LogP contribution in [0.25, 0.3) is 5.57 Å². The van der Waals surface area contributed by atoms with Crippen molar-refractivity contribution in [2.24, 2.45) is 10.7 Å². The van der Waals surface area contributed by atoms with Crippen molar-refractivity contribution in [3.05, 3.63) is 77.5 Å². The third-order valence-corrected chi connectivity index (χ3v) is 3.73. The molecule has 0 aliphatic carbocycles. The Labute approximate surface area is 193 Å². The van der Waals surface area contributed by atoms with Gasteiger partial charge in [0.1, 0.15) is 0 Å². The second-order valence-electron chi connectivity index (χ2n) is 6.21. The van der Waals surface area contributed by atoms with Crippen LogP contribution in [-0.2, 0) is 4.74 Å². The van der Waals surface area contributed by atoms with Gasteiger partial charge in [0.05, 0.1) is 5.70 Å². The SMILES string of the molecule is C=C(\C(N=CC)=C(C)/C=C\C=C/C)c1ccccc1C.CC.CCCOCCC.CN. The predicted molar refractivity (Wildman–Crippen MR) is 144 cm³/mol. The second kappa shape index (κ2) is 25.8. The van der Waals surface area contributed by atoms with Crippen LogP contribution < -0.4 is 5.73 Å². The predicted octanol–water partition coefficient (Wildman–Crippen LogP) is 7.93. The van der Waals surface area contributed by atoms with Crippen molar-refractivity contribution in [2.75, 3.05) is 20.3 Å². The summed E-state index contributed by atoms with van der Waals surface area (Å²) in [6.07, 6.45) is 12.2. The number of aliphatic imine (C=N–C) groups is 1. The Kier molecular flexibility index (Phi) is 27.8. The molecular formula is C28H48N2O. The molecule has 3 heteroatoms. The number of benzene rings is 1. The van der Waals surface area contributed by atoms with E-state index in [9.17, 15) is 0 Å². The minimum Gasteiger partial charge on any atom is -0.381 e. The van der Waals surface area contributed by atoms with Crippen LogP contribution >= 0.6 is 0 Å². The first kappa shape index (κ1) is 33.4. The fourth-order valence-electron chi connectivity index (χ4n) is 2.37. The summed E-state index contributed by atoms with van der Waals surface area (Å²) in [6.45, 7) is 22.4. The number of ether oxygens (including phenoxy) is 1. The van der Waals surface area contributed by atoms with Crippen LogP contribution in [0.15, 0.2) is 71.4 Å². The van der Waals surface area contributed by atoms with Gasteiger partial charge < -0.3 is 10.5 Å². The normalized spacial score (nSPS) is 11.2. The molecule has 0 heterocycles. The van der Waals surface area contributed by atoms with Crippen LogP contribution in [0.5, 0.6) is 0 Å². The lowest BCUT2D eigenvalue weighted by atomic mass is 9.97. The van der Waals surface area contributed by atoms with Crippen molar-refractivity contribution in [1.29, 1.82) is 0 Å². The molecule has 0 radical (unpaired) electrons. The molecule has 0 saturated heterocycles. The molecule has 0 atom stereocenters. The largest absolute Gasteiger partial charge is 0.381 e. The average Bonchev–Trinajstić information content (AvgIpc) is 2.81. The van der Waals surface area contributed by atoms with Gasteiger partial charge in [0, 0.05) is 25.0 Å². The van der Waals surface area contributed by atoms with E-state index in [1.807, 2.05) is 64.3 Å². The van der Waals surface area contributed by atoms with Gasteiger partial charge in [-0.3, -0.25) is 4.99 Å². The first-order valence-electron chi connectivity index (χ1n) is 11.4. The summed E-state index contributed by atoms with van der Waals surface area (Å²) in [5.41, 5.74) is 9.86. The van der Waals surface area contributed by atoms with E-state index >= 15 is 0 Å². The van der Waals surface area contributed by atoms with E-state index in [1.165, 1.54) is 12.6 Å². The Balaban J connectivity index is -0.000000598. The summed E-state index contributed by atoms with van der Waals surface area (Å²) in [5.74, 6) is 0. The van der Waals surface area contributed by atoms with Crippen LogP contribution in [0.1, 0.15) is 72.4 Å². The number of rotatable bonds is 9. The van der Waals surface area contributed by atoms with Gasteiger partial charge in [0.15, 0.2) is 0 Å². The number of hydrogen-bond donors (Lipinski definition) is 1. The molecule has 0 spiro atoms. The molecular weight excluding hydrogens is 380 g/mol. The van der Waals surface area contributed by atoms with E-state index in [1.54, 1.807) is 0 Å². The summed E-state index contributed by atoms with van der Waals surface area (Å²) in [4.78, 5) is 4.50. The van der Waals surface area contributed by atoms with E-state index in [0.29, 0.717) is 0 Å². The molecule has 31 heavy (non-hydrogen) atoms. The van der Waals surface area contributed by atoms with Crippen LogP contribution in [0, 0.1) is 6.92 Å². The summed E-state index contributed by atoms with van der Waals surface area (Å²) in [5, 5.41) is 0. The summed E-state index contributed by atoms with van der Waals surface area (Å²) >= 11 is 0. The van der Waals surface area contributed by atoms with Gasteiger partial charge in [-0.2, -0.15) is 0 Å². The first-order chi connectivity index (χ1) is 15.0. The highest BCUT2D eigenvalue weighted by atomic mass is 16.5. The number of hydrogen-bond acceptors (Lipinski definition) is 3. The number of nitrogens with zero attached hydrogens (tertiary/aromatic N) is 1.